The van der Waals surface area contributed by atoms with Gasteiger partial charge >= 0.3 is 6.18 Å². The van der Waals surface area contributed by atoms with Gasteiger partial charge in [-0.15, -0.1) is 23.1 Å². The summed E-state index contributed by atoms with van der Waals surface area (Å²) in [5.74, 6) is 0.609. The van der Waals surface area contributed by atoms with Crippen molar-refractivity contribution in [2.24, 2.45) is 0 Å². The van der Waals surface area contributed by atoms with Crippen LogP contribution in [0, 0.1) is 5.41 Å². The van der Waals surface area contributed by atoms with Gasteiger partial charge in [-0.05, 0) is 30.4 Å². The average molecular weight is 453 g/mol. The van der Waals surface area contributed by atoms with E-state index in [-0.39, 0.29) is 6.54 Å². The Kier molecular flexibility index (Phi) is 5.60. The first-order valence-electron chi connectivity index (χ1n) is 9.08. The normalized spacial score (nSPS) is 14.7. The van der Waals surface area contributed by atoms with Crippen molar-refractivity contribution in [1.82, 2.24) is 14.9 Å². The molecule has 6 nitrogen and oxygen atoms in total. The Morgan fingerprint density at radius 2 is 2.17 bits per heavy atom. The van der Waals surface area contributed by atoms with E-state index in [1.165, 1.54) is 40.5 Å². The second kappa shape index (κ2) is 8.05. The molecule has 0 saturated carbocycles. The number of nitrogens with one attached hydrogen (secondary N) is 2. The minimum atomic E-state index is -4.21. The average Bonchev–Trinajstić information content (AvgIpc) is 3.06. The van der Waals surface area contributed by atoms with Gasteiger partial charge in [0, 0.05) is 40.3 Å². The van der Waals surface area contributed by atoms with Crippen LogP contribution in [0.2, 0.25) is 0 Å². The molecule has 3 aromatic rings. The predicted molar refractivity (Wildman–Crippen MR) is 116 cm³/mol. The lowest BCUT2D eigenvalue weighted by Gasteiger charge is -2.27. The zero-order valence-electron chi connectivity index (χ0n) is 16.0. The van der Waals surface area contributed by atoms with Gasteiger partial charge in [0.1, 0.15) is 17.0 Å². The van der Waals surface area contributed by atoms with E-state index in [1.807, 2.05) is 12.3 Å². The number of halogens is 3. The molecule has 0 spiro atoms. The van der Waals surface area contributed by atoms with Gasteiger partial charge in [-0.1, -0.05) is 0 Å². The Morgan fingerprint density at radius 3 is 2.87 bits per heavy atom. The number of alkyl halides is 3. The molecule has 4 rings (SSSR count). The van der Waals surface area contributed by atoms with Crippen molar-refractivity contribution in [3.63, 3.8) is 0 Å². The number of benzene rings is 1. The number of fused-ring (bicyclic) bond motifs is 3. The maximum Gasteiger partial charge on any atom is 0.401 e. The van der Waals surface area contributed by atoms with Crippen LogP contribution in [0.15, 0.2) is 23.4 Å². The monoisotopic (exact) mass is 452 g/mol. The van der Waals surface area contributed by atoms with Crippen LogP contribution in [0.1, 0.15) is 16.0 Å². The maximum atomic E-state index is 12.8. The van der Waals surface area contributed by atoms with E-state index in [2.05, 4.69) is 15.3 Å². The smallest absolute Gasteiger partial charge is 0.398 e. The van der Waals surface area contributed by atoms with Crippen LogP contribution < -0.4 is 11.1 Å². The number of aromatic nitrogens is 2. The van der Waals surface area contributed by atoms with Crippen LogP contribution in [-0.2, 0) is 13.0 Å². The minimum absolute atomic E-state index is 0.255. The van der Waals surface area contributed by atoms with Crippen molar-refractivity contribution in [2.75, 3.05) is 30.4 Å². The van der Waals surface area contributed by atoms with E-state index >= 15 is 0 Å². The number of thioether (sulfide) groups is 1. The summed E-state index contributed by atoms with van der Waals surface area (Å²) < 4.78 is 38.4. The number of nitrogens with zero attached hydrogens (tertiary/aromatic N) is 3. The van der Waals surface area contributed by atoms with E-state index in [0.717, 1.165) is 31.2 Å². The fourth-order valence-corrected chi connectivity index (χ4v) is 5.40. The van der Waals surface area contributed by atoms with Crippen LogP contribution in [-0.4, -0.2) is 46.6 Å². The molecule has 0 fully saturated rings. The third kappa shape index (κ3) is 4.09. The second-order valence-electron chi connectivity index (χ2n) is 6.93. The molecule has 1 aromatic carbocycles. The van der Waals surface area contributed by atoms with E-state index < -0.39 is 12.7 Å². The Bertz CT molecular complexity index is 1110. The second-order valence-corrected chi connectivity index (χ2v) is 8.86. The maximum absolute atomic E-state index is 12.8. The lowest BCUT2D eigenvalue weighted by Crippen LogP contribution is -2.37. The van der Waals surface area contributed by atoms with E-state index in [9.17, 15) is 13.2 Å². The molecule has 1 aliphatic rings. The largest absolute Gasteiger partial charge is 0.401 e. The molecule has 0 atom stereocenters. The molecule has 0 aliphatic carbocycles. The highest BCUT2D eigenvalue weighted by Gasteiger charge is 2.33. The molecule has 0 saturated heterocycles. The fourth-order valence-electron chi connectivity index (χ4n) is 3.60. The molecular weight excluding hydrogens is 433 g/mol. The number of rotatable bonds is 5. The van der Waals surface area contributed by atoms with Crippen molar-refractivity contribution < 1.29 is 13.2 Å². The number of thiophene rings is 1. The Morgan fingerprint density at radius 1 is 1.37 bits per heavy atom. The first-order valence-corrected chi connectivity index (χ1v) is 11.1. The van der Waals surface area contributed by atoms with Gasteiger partial charge in [0.25, 0.3) is 0 Å². The molecule has 1 aliphatic heterocycles. The van der Waals surface area contributed by atoms with E-state index in [0.29, 0.717) is 30.0 Å². The summed E-state index contributed by atoms with van der Waals surface area (Å²) in [7, 11) is 0. The van der Waals surface area contributed by atoms with Gasteiger partial charge in [0.2, 0.25) is 0 Å². The lowest BCUT2D eigenvalue weighted by atomic mass is 10.0. The fraction of sp³-hybridized carbons (Fsp3) is 0.316. The minimum Gasteiger partial charge on any atom is -0.398 e. The Labute approximate surface area is 179 Å². The quantitative estimate of drug-likeness (QED) is 0.296. The number of nitrogens with two attached hydrogens (primary N) is 1. The highest BCUT2D eigenvalue weighted by molar-refractivity contribution is 7.98. The number of anilines is 3. The lowest BCUT2D eigenvalue weighted by molar-refractivity contribution is -0.147. The molecule has 0 radical (unpaired) electrons. The Hall–Kier alpha value is -2.37. The molecule has 3 heterocycles. The van der Waals surface area contributed by atoms with Crippen molar-refractivity contribution in [3.05, 3.63) is 34.5 Å². The molecule has 4 N–H and O–H groups in total. The van der Waals surface area contributed by atoms with Crippen LogP contribution in [0.25, 0.3) is 10.2 Å². The topological polar surface area (TPSA) is 90.9 Å². The summed E-state index contributed by atoms with van der Waals surface area (Å²) in [6, 6.07) is 3.61. The zero-order chi connectivity index (χ0) is 21.5. The first-order chi connectivity index (χ1) is 14.3. The van der Waals surface area contributed by atoms with Gasteiger partial charge in [-0.25, -0.2) is 9.97 Å². The highest BCUT2D eigenvalue weighted by Crippen LogP contribution is 2.40. The molecule has 158 valence electrons. The SMILES string of the molecule is CSc1cc(N)c(C=N)cc1Nc1ncnc2sc3c(c12)CCN(CC(F)(F)F)C3. The molecule has 11 heteroatoms. The standard InChI is InChI=1S/C19H19F3N6S2/c1-29-14-5-12(24)10(6-23)4-13(14)27-17-16-11-2-3-28(8-19(20,21)22)7-15(11)30-18(16)26-9-25-17/h4-6,9,23H,2-3,7-8,24H2,1H3,(H,25,26,27). The van der Waals surface area contributed by atoms with Crippen LogP contribution in [0.4, 0.5) is 30.4 Å². The Balaban J connectivity index is 1.72. The first kappa shape index (κ1) is 20.9. The van der Waals surface area contributed by atoms with E-state index in [1.54, 1.807) is 6.07 Å². The zero-order valence-corrected chi connectivity index (χ0v) is 17.6. The van der Waals surface area contributed by atoms with Crippen molar-refractivity contribution >= 4 is 56.7 Å². The molecule has 0 amide bonds. The third-order valence-corrected chi connectivity index (χ3v) is 6.83. The third-order valence-electron chi connectivity index (χ3n) is 4.93. The van der Waals surface area contributed by atoms with Crippen molar-refractivity contribution in [3.8, 4) is 0 Å². The molecule has 0 bridgehead atoms. The van der Waals surface area contributed by atoms with Crippen LogP contribution >= 0.6 is 23.1 Å². The van der Waals surface area contributed by atoms with E-state index in [4.69, 9.17) is 11.1 Å². The highest BCUT2D eigenvalue weighted by atomic mass is 32.2. The molecule has 0 unspecified atom stereocenters. The van der Waals surface area contributed by atoms with Gasteiger partial charge < -0.3 is 16.5 Å². The summed E-state index contributed by atoms with van der Waals surface area (Å²) in [5.41, 5.74) is 8.88. The van der Waals surface area contributed by atoms with Crippen molar-refractivity contribution in [2.45, 2.75) is 24.0 Å². The molecular formula is C19H19F3N6S2. The molecule has 2 aromatic heterocycles. The summed E-state index contributed by atoms with van der Waals surface area (Å²) in [5, 5.41) is 11.7. The van der Waals surface area contributed by atoms with Gasteiger partial charge in [0.05, 0.1) is 17.6 Å². The summed E-state index contributed by atoms with van der Waals surface area (Å²) in [6.45, 7) is -0.319. The van der Waals surface area contributed by atoms with Crippen molar-refractivity contribution in [1.29, 1.82) is 5.41 Å². The van der Waals surface area contributed by atoms with Crippen LogP contribution in [0.5, 0.6) is 0 Å². The number of nitrogen functional groups attached to an aromatic ring is 1. The predicted octanol–water partition coefficient (Wildman–Crippen LogP) is 4.66. The number of hydrogen-bond acceptors (Lipinski definition) is 8. The number of hydrogen-bond donors (Lipinski definition) is 3. The molecule has 30 heavy (non-hydrogen) atoms. The van der Waals surface area contributed by atoms with Gasteiger partial charge in [-0.3, -0.25) is 4.90 Å². The van der Waals surface area contributed by atoms with Gasteiger partial charge in [0.15, 0.2) is 0 Å². The summed E-state index contributed by atoms with van der Waals surface area (Å²) in [4.78, 5) is 12.7. The summed E-state index contributed by atoms with van der Waals surface area (Å²) >= 11 is 2.93. The summed E-state index contributed by atoms with van der Waals surface area (Å²) in [6.07, 6.45) is 0.879. The van der Waals surface area contributed by atoms with Gasteiger partial charge in [-0.2, -0.15) is 13.2 Å². The van der Waals surface area contributed by atoms with Crippen LogP contribution in [0.3, 0.4) is 0 Å².